The van der Waals surface area contributed by atoms with Gasteiger partial charge < -0.3 is 5.11 Å². The molecule has 2 amide bonds. The summed E-state index contributed by atoms with van der Waals surface area (Å²) in [5, 5.41) is 8.52. The van der Waals surface area contributed by atoms with Crippen molar-refractivity contribution in [1.82, 2.24) is 4.90 Å². The molecule has 27 heavy (non-hydrogen) atoms. The number of hydrogen-bond donors (Lipinski definition) is 1. The molecule has 1 atom stereocenters. The van der Waals surface area contributed by atoms with Gasteiger partial charge in [0.1, 0.15) is 0 Å². The highest BCUT2D eigenvalue weighted by Gasteiger charge is 2.44. The number of amides is 2. The fraction of sp³-hybridized carbons (Fsp3) is 0.471. The van der Waals surface area contributed by atoms with Gasteiger partial charge in [0.25, 0.3) is 5.91 Å². The second-order valence-corrected chi connectivity index (χ2v) is 7.00. The molecule has 1 N–H and O–H groups in total. The van der Waals surface area contributed by atoms with E-state index in [2.05, 4.69) is 0 Å². The molecule has 6 nitrogen and oxygen atoms in total. The number of carboxylic acids is 1. The molecule has 2 aliphatic rings. The molecular weight excluding hydrogens is 389 g/mol. The number of aliphatic carboxylic acids is 1. The number of imide groups is 1. The van der Waals surface area contributed by atoms with E-state index in [1.165, 1.54) is 6.07 Å². The van der Waals surface area contributed by atoms with E-state index in [1.807, 2.05) is 0 Å². The van der Waals surface area contributed by atoms with Gasteiger partial charge in [0.05, 0.1) is 34.7 Å². The number of carboxylic acid groups (broad SMARTS) is 1. The number of anilines is 1. The summed E-state index contributed by atoms with van der Waals surface area (Å²) in [6.45, 7) is 0.672. The first-order valence-corrected chi connectivity index (χ1v) is 8.68. The molecule has 1 aromatic carbocycles. The maximum absolute atomic E-state index is 13.1. The monoisotopic (exact) mass is 404 g/mol. The minimum atomic E-state index is -4.71. The lowest BCUT2D eigenvalue weighted by molar-refractivity contribution is -0.143. The smallest absolute Gasteiger partial charge is 0.417 e. The van der Waals surface area contributed by atoms with Gasteiger partial charge in [-0.3, -0.25) is 19.3 Å². The van der Waals surface area contributed by atoms with Crippen LogP contribution in [0.4, 0.5) is 18.9 Å². The summed E-state index contributed by atoms with van der Waals surface area (Å²) in [7, 11) is 0. The van der Waals surface area contributed by atoms with Gasteiger partial charge in [-0.2, -0.15) is 13.2 Å². The van der Waals surface area contributed by atoms with Crippen molar-refractivity contribution in [1.29, 1.82) is 0 Å². The minimum Gasteiger partial charge on any atom is -0.481 e. The second kappa shape index (κ2) is 7.12. The molecule has 2 heterocycles. The Kier molecular flexibility index (Phi) is 5.18. The summed E-state index contributed by atoms with van der Waals surface area (Å²) < 4.78 is 39.2. The van der Waals surface area contributed by atoms with Gasteiger partial charge >= 0.3 is 12.1 Å². The first-order valence-electron chi connectivity index (χ1n) is 8.30. The standard InChI is InChI=1S/C17H16ClF3N2O4/c18-12-2-1-10(7-11(12)17(19,20)21)23-14(24)8-13(15(23)25)22-5-3-9(4-6-22)16(26)27/h1-2,7,9,13H,3-6,8H2,(H,26,27)/t13-/m0/s1. The molecule has 0 aromatic heterocycles. The van der Waals surface area contributed by atoms with Crippen LogP contribution in [0.2, 0.25) is 5.02 Å². The third-order valence-electron chi connectivity index (χ3n) is 4.96. The van der Waals surface area contributed by atoms with Gasteiger partial charge in [-0.15, -0.1) is 0 Å². The molecule has 2 aliphatic heterocycles. The molecule has 1 aromatic rings. The predicted molar refractivity (Wildman–Crippen MR) is 89.3 cm³/mol. The highest BCUT2D eigenvalue weighted by Crippen LogP contribution is 2.38. The third-order valence-corrected chi connectivity index (χ3v) is 5.29. The number of rotatable bonds is 3. The maximum atomic E-state index is 13.1. The lowest BCUT2D eigenvalue weighted by atomic mass is 9.96. The van der Waals surface area contributed by atoms with Crippen LogP contribution >= 0.6 is 11.6 Å². The van der Waals surface area contributed by atoms with Crippen LogP contribution in [0.25, 0.3) is 0 Å². The molecule has 0 radical (unpaired) electrons. The number of carbonyl (C=O) groups excluding carboxylic acids is 2. The fourth-order valence-electron chi connectivity index (χ4n) is 3.50. The first kappa shape index (κ1) is 19.6. The summed E-state index contributed by atoms with van der Waals surface area (Å²) in [6.07, 6.45) is -4.16. The lowest BCUT2D eigenvalue weighted by Crippen LogP contribution is -2.46. The van der Waals surface area contributed by atoms with Crippen molar-refractivity contribution >= 4 is 35.1 Å². The summed E-state index contributed by atoms with van der Waals surface area (Å²) in [6, 6.07) is 2.10. The molecule has 2 fully saturated rings. The van der Waals surface area contributed by atoms with Crippen LogP contribution < -0.4 is 4.90 Å². The van der Waals surface area contributed by atoms with E-state index < -0.39 is 46.5 Å². The number of halogens is 4. The number of piperidine rings is 1. The fourth-order valence-corrected chi connectivity index (χ4v) is 3.72. The highest BCUT2D eigenvalue weighted by molar-refractivity contribution is 6.31. The SMILES string of the molecule is O=C(O)C1CCN([C@H]2CC(=O)N(c3ccc(Cl)c(C(F)(F)F)c3)C2=O)CC1. The van der Waals surface area contributed by atoms with Crippen molar-refractivity contribution in [2.24, 2.45) is 5.92 Å². The second-order valence-electron chi connectivity index (χ2n) is 6.60. The molecule has 3 rings (SSSR count). The van der Waals surface area contributed by atoms with Crippen molar-refractivity contribution in [2.75, 3.05) is 18.0 Å². The van der Waals surface area contributed by atoms with Gasteiger partial charge in [0.2, 0.25) is 5.91 Å². The van der Waals surface area contributed by atoms with Gasteiger partial charge in [0.15, 0.2) is 0 Å². The Labute approximate surface area is 157 Å². The summed E-state index contributed by atoms with van der Waals surface area (Å²) in [5.41, 5.74) is -1.29. The predicted octanol–water partition coefficient (Wildman–Crippen LogP) is 2.79. The van der Waals surface area contributed by atoms with E-state index in [0.717, 1.165) is 11.0 Å². The third kappa shape index (κ3) is 3.79. The zero-order valence-corrected chi connectivity index (χ0v) is 14.8. The Morgan fingerprint density at radius 1 is 1.19 bits per heavy atom. The van der Waals surface area contributed by atoms with Crippen LogP contribution in [0.1, 0.15) is 24.8 Å². The van der Waals surface area contributed by atoms with Crippen LogP contribution in [0.15, 0.2) is 18.2 Å². The molecule has 0 saturated carbocycles. The molecular formula is C17H16ClF3N2O4. The van der Waals surface area contributed by atoms with Crippen LogP contribution in [-0.2, 0) is 20.6 Å². The van der Waals surface area contributed by atoms with E-state index in [1.54, 1.807) is 4.90 Å². The van der Waals surface area contributed by atoms with E-state index in [-0.39, 0.29) is 12.1 Å². The summed E-state index contributed by atoms with van der Waals surface area (Å²) >= 11 is 5.59. The molecule has 2 saturated heterocycles. The molecule has 0 spiro atoms. The molecule has 146 valence electrons. The van der Waals surface area contributed by atoms with Crippen LogP contribution in [0.3, 0.4) is 0 Å². The van der Waals surface area contributed by atoms with E-state index >= 15 is 0 Å². The first-order chi connectivity index (χ1) is 12.6. The van der Waals surface area contributed by atoms with Crippen LogP contribution in [-0.4, -0.2) is 46.9 Å². The zero-order chi connectivity index (χ0) is 19.9. The van der Waals surface area contributed by atoms with Crippen molar-refractivity contribution in [3.05, 3.63) is 28.8 Å². The zero-order valence-electron chi connectivity index (χ0n) is 14.0. The number of likely N-dealkylation sites (tertiary alicyclic amines) is 1. The Morgan fingerprint density at radius 3 is 2.37 bits per heavy atom. The molecule has 0 aliphatic carbocycles. The summed E-state index contributed by atoms with van der Waals surface area (Å²) in [5.74, 6) is -2.59. The maximum Gasteiger partial charge on any atom is 0.417 e. The van der Waals surface area contributed by atoms with Gasteiger partial charge in [-0.1, -0.05) is 11.6 Å². The number of alkyl halides is 3. The molecule has 0 bridgehead atoms. The largest absolute Gasteiger partial charge is 0.481 e. The normalized spacial score (nSPS) is 22.5. The molecule has 10 heteroatoms. The van der Waals surface area contributed by atoms with Gasteiger partial charge in [0, 0.05) is 0 Å². The number of carbonyl (C=O) groups is 3. The van der Waals surface area contributed by atoms with Crippen LogP contribution in [0, 0.1) is 5.92 Å². The minimum absolute atomic E-state index is 0.152. The average Bonchev–Trinajstić information content (AvgIpc) is 2.89. The number of nitrogens with zero attached hydrogens (tertiary/aromatic N) is 2. The lowest BCUT2D eigenvalue weighted by Gasteiger charge is -2.33. The van der Waals surface area contributed by atoms with Gasteiger partial charge in [-0.25, -0.2) is 4.90 Å². The quantitative estimate of drug-likeness (QED) is 0.784. The van der Waals surface area contributed by atoms with E-state index in [4.69, 9.17) is 16.7 Å². The van der Waals surface area contributed by atoms with Crippen molar-refractivity contribution < 1.29 is 32.7 Å². The Balaban J connectivity index is 1.80. The van der Waals surface area contributed by atoms with E-state index in [9.17, 15) is 27.6 Å². The van der Waals surface area contributed by atoms with Crippen molar-refractivity contribution in [2.45, 2.75) is 31.5 Å². The van der Waals surface area contributed by atoms with Crippen molar-refractivity contribution in [3.8, 4) is 0 Å². The number of benzene rings is 1. The Bertz CT molecular complexity index is 791. The highest BCUT2D eigenvalue weighted by atomic mass is 35.5. The van der Waals surface area contributed by atoms with Crippen LogP contribution in [0.5, 0.6) is 0 Å². The van der Waals surface area contributed by atoms with Gasteiger partial charge in [-0.05, 0) is 44.1 Å². The molecule has 0 unspecified atom stereocenters. The summed E-state index contributed by atoms with van der Waals surface area (Å²) in [4.78, 5) is 38.5. The Morgan fingerprint density at radius 2 is 1.81 bits per heavy atom. The van der Waals surface area contributed by atoms with E-state index in [0.29, 0.717) is 32.0 Å². The number of hydrogen-bond acceptors (Lipinski definition) is 4. The topological polar surface area (TPSA) is 77.9 Å². The average molecular weight is 405 g/mol. The Hall–Kier alpha value is -2.13. The van der Waals surface area contributed by atoms with Crippen molar-refractivity contribution in [3.63, 3.8) is 0 Å².